The van der Waals surface area contributed by atoms with Gasteiger partial charge >= 0.3 is 6.18 Å². The number of carbonyl (C=O) groups is 1. The van der Waals surface area contributed by atoms with Crippen LogP contribution in [-0.2, 0) is 4.79 Å². The normalized spacial score (nSPS) is 19.4. The molecule has 0 heterocycles. The maximum absolute atomic E-state index is 12.2. The molecule has 2 N–H and O–H groups in total. The van der Waals surface area contributed by atoms with E-state index in [9.17, 15) is 18.0 Å². The molecule has 0 unspecified atom stereocenters. The average Bonchev–Trinajstić information content (AvgIpc) is 2.59. The summed E-state index contributed by atoms with van der Waals surface area (Å²) >= 11 is 0. The molecule has 0 atom stereocenters. The molecule has 0 bridgehead atoms. The molecule has 1 saturated carbocycles. The minimum absolute atomic E-state index is 0.0247. The van der Waals surface area contributed by atoms with Crippen LogP contribution in [0, 0.1) is 0 Å². The smallest absolute Gasteiger partial charge is 0.334 e. The van der Waals surface area contributed by atoms with E-state index in [-0.39, 0.29) is 13.0 Å². The Kier molecular flexibility index (Phi) is 4.41. The molecule has 17 heavy (non-hydrogen) atoms. The van der Waals surface area contributed by atoms with E-state index in [1.165, 1.54) is 0 Å². The maximum Gasteiger partial charge on any atom is 0.406 e. The van der Waals surface area contributed by atoms with E-state index in [4.69, 9.17) is 5.73 Å². The minimum atomic E-state index is -4.34. The number of alkyl halides is 3. The first-order chi connectivity index (χ1) is 7.76. The summed E-state index contributed by atoms with van der Waals surface area (Å²) in [5, 5.41) is 0. The highest BCUT2D eigenvalue weighted by Gasteiger charge is 2.36. The Hall–Kier alpha value is -0.780. The van der Waals surface area contributed by atoms with Crippen molar-refractivity contribution in [3.63, 3.8) is 0 Å². The van der Waals surface area contributed by atoms with Crippen molar-refractivity contribution in [1.29, 1.82) is 0 Å². The van der Waals surface area contributed by atoms with Crippen molar-refractivity contribution >= 4 is 5.91 Å². The Balaban J connectivity index is 2.54. The Labute approximate surface area is 99.1 Å². The maximum atomic E-state index is 12.2. The monoisotopic (exact) mass is 252 g/mol. The minimum Gasteiger partial charge on any atom is -0.334 e. The van der Waals surface area contributed by atoms with E-state index >= 15 is 0 Å². The second kappa shape index (κ2) is 5.25. The van der Waals surface area contributed by atoms with E-state index in [0.717, 1.165) is 30.6 Å². The van der Waals surface area contributed by atoms with Gasteiger partial charge in [0, 0.05) is 18.5 Å². The van der Waals surface area contributed by atoms with Gasteiger partial charge in [-0.05, 0) is 19.8 Å². The van der Waals surface area contributed by atoms with Crippen LogP contribution in [0.25, 0.3) is 0 Å². The molecule has 1 rings (SSSR count). The lowest BCUT2D eigenvalue weighted by molar-refractivity contribution is -0.161. The molecule has 1 amide bonds. The van der Waals surface area contributed by atoms with Crippen molar-refractivity contribution < 1.29 is 18.0 Å². The van der Waals surface area contributed by atoms with E-state index in [1.54, 1.807) is 6.92 Å². The predicted octanol–water partition coefficient (Wildman–Crippen LogP) is 2.06. The van der Waals surface area contributed by atoms with E-state index in [1.807, 2.05) is 0 Å². The van der Waals surface area contributed by atoms with Crippen LogP contribution in [0.2, 0.25) is 0 Å². The molecular weight excluding hydrogens is 233 g/mol. The third-order valence-electron chi connectivity index (χ3n) is 3.21. The number of nitrogens with two attached hydrogens (primary N) is 1. The molecule has 6 heteroatoms. The molecule has 0 aliphatic heterocycles. The van der Waals surface area contributed by atoms with Crippen LogP contribution in [0.15, 0.2) is 0 Å². The van der Waals surface area contributed by atoms with Crippen molar-refractivity contribution in [2.45, 2.75) is 50.7 Å². The zero-order valence-corrected chi connectivity index (χ0v) is 10.0. The molecule has 1 aliphatic rings. The summed E-state index contributed by atoms with van der Waals surface area (Å²) in [5.41, 5.74) is 5.40. The van der Waals surface area contributed by atoms with Gasteiger partial charge < -0.3 is 10.6 Å². The van der Waals surface area contributed by atoms with Crippen molar-refractivity contribution in [3.8, 4) is 0 Å². The fraction of sp³-hybridized carbons (Fsp3) is 0.909. The zero-order chi connectivity index (χ0) is 13.1. The lowest BCUT2D eigenvalue weighted by Crippen LogP contribution is -2.46. The molecule has 0 aromatic carbocycles. The summed E-state index contributed by atoms with van der Waals surface area (Å²) in [4.78, 5) is 12.6. The van der Waals surface area contributed by atoms with Crippen LogP contribution in [0.3, 0.4) is 0 Å². The second-order valence-electron chi connectivity index (χ2n) is 4.77. The first-order valence-electron chi connectivity index (χ1n) is 5.89. The SMILES string of the molecule is CCN(CC(F)(F)F)C(=O)CC1(N)CCCC1. The van der Waals surface area contributed by atoms with Crippen LogP contribution in [0.5, 0.6) is 0 Å². The van der Waals surface area contributed by atoms with Gasteiger partial charge in [-0.1, -0.05) is 12.8 Å². The molecule has 1 fully saturated rings. The number of nitrogens with zero attached hydrogens (tertiary/aromatic N) is 1. The van der Waals surface area contributed by atoms with E-state index < -0.39 is 24.2 Å². The third-order valence-corrected chi connectivity index (χ3v) is 3.21. The van der Waals surface area contributed by atoms with Gasteiger partial charge in [-0.15, -0.1) is 0 Å². The van der Waals surface area contributed by atoms with Gasteiger partial charge in [0.05, 0.1) is 0 Å². The summed E-state index contributed by atoms with van der Waals surface area (Å²) in [7, 11) is 0. The molecule has 0 aromatic rings. The van der Waals surface area contributed by atoms with Crippen molar-refractivity contribution in [1.82, 2.24) is 4.90 Å². The quantitative estimate of drug-likeness (QED) is 0.832. The Morgan fingerprint density at radius 1 is 1.35 bits per heavy atom. The van der Waals surface area contributed by atoms with Crippen LogP contribution >= 0.6 is 0 Å². The summed E-state index contributed by atoms with van der Waals surface area (Å²) in [5.74, 6) is -0.491. The van der Waals surface area contributed by atoms with Crippen molar-refractivity contribution in [3.05, 3.63) is 0 Å². The number of carbonyl (C=O) groups excluding carboxylic acids is 1. The van der Waals surface area contributed by atoms with Gasteiger partial charge in [-0.25, -0.2) is 0 Å². The lowest BCUT2D eigenvalue weighted by Gasteiger charge is -2.28. The molecule has 0 aromatic heterocycles. The highest BCUT2D eigenvalue weighted by atomic mass is 19.4. The Morgan fingerprint density at radius 3 is 2.29 bits per heavy atom. The first-order valence-corrected chi connectivity index (χ1v) is 5.89. The predicted molar refractivity (Wildman–Crippen MR) is 58.3 cm³/mol. The summed E-state index contributed by atoms with van der Waals surface area (Å²) in [6, 6.07) is 0. The topological polar surface area (TPSA) is 46.3 Å². The summed E-state index contributed by atoms with van der Waals surface area (Å²) in [6.07, 6.45) is -0.963. The highest BCUT2D eigenvalue weighted by Crippen LogP contribution is 2.30. The largest absolute Gasteiger partial charge is 0.406 e. The van der Waals surface area contributed by atoms with E-state index in [2.05, 4.69) is 0 Å². The number of amides is 1. The zero-order valence-electron chi connectivity index (χ0n) is 10.0. The van der Waals surface area contributed by atoms with Gasteiger partial charge in [-0.2, -0.15) is 13.2 Å². The summed E-state index contributed by atoms with van der Waals surface area (Å²) in [6.45, 7) is 0.425. The first kappa shape index (κ1) is 14.3. The van der Waals surface area contributed by atoms with Crippen LogP contribution in [0.1, 0.15) is 39.0 Å². The number of hydrogen-bond acceptors (Lipinski definition) is 2. The molecule has 1 aliphatic carbocycles. The molecule has 3 nitrogen and oxygen atoms in total. The second-order valence-corrected chi connectivity index (χ2v) is 4.77. The van der Waals surface area contributed by atoms with Gasteiger partial charge in [0.15, 0.2) is 0 Å². The Bertz CT molecular complexity index is 272. The number of rotatable bonds is 4. The standard InChI is InChI=1S/C11H19F3N2O/c1-2-16(8-11(12,13)14)9(17)7-10(15)5-3-4-6-10/h2-8,15H2,1H3. The molecule has 0 spiro atoms. The van der Waals surface area contributed by atoms with E-state index in [0.29, 0.717) is 0 Å². The Morgan fingerprint density at radius 2 is 1.88 bits per heavy atom. The van der Waals surface area contributed by atoms with Crippen LogP contribution in [-0.4, -0.2) is 35.6 Å². The number of halogens is 3. The third kappa shape index (κ3) is 4.53. The van der Waals surface area contributed by atoms with Gasteiger partial charge in [-0.3, -0.25) is 4.79 Å². The van der Waals surface area contributed by atoms with Gasteiger partial charge in [0.2, 0.25) is 5.91 Å². The highest BCUT2D eigenvalue weighted by molar-refractivity contribution is 5.77. The van der Waals surface area contributed by atoms with Crippen molar-refractivity contribution in [2.24, 2.45) is 5.73 Å². The summed E-state index contributed by atoms with van der Waals surface area (Å²) < 4.78 is 36.7. The molecular formula is C11H19F3N2O. The van der Waals surface area contributed by atoms with Crippen molar-refractivity contribution in [2.75, 3.05) is 13.1 Å². The molecule has 100 valence electrons. The van der Waals surface area contributed by atoms with Gasteiger partial charge in [0.1, 0.15) is 6.54 Å². The molecule has 0 saturated heterocycles. The fourth-order valence-electron chi connectivity index (χ4n) is 2.26. The van der Waals surface area contributed by atoms with Crippen LogP contribution < -0.4 is 5.73 Å². The van der Waals surface area contributed by atoms with Gasteiger partial charge in [0.25, 0.3) is 0 Å². The number of hydrogen-bond donors (Lipinski definition) is 1. The fourth-order valence-corrected chi connectivity index (χ4v) is 2.26. The lowest BCUT2D eigenvalue weighted by atomic mass is 9.94. The van der Waals surface area contributed by atoms with Crippen LogP contribution in [0.4, 0.5) is 13.2 Å². The molecule has 0 radical (unpaired) electrons. The average molecular weight is 252 g/mol.